The molecule has 3 rings (SSSR count). The number of carbonyl (C=O) groups excluding carboxylic acids is 1. The fourth-order valence-electron chi connectivity index (χ4n) is 2.89. The number of aryl methyl sites for hydroxylation is 3. The Bertz CT molecular complexity index is 728. The third-order valence-corrected chi connectivity index (χ3v) is 5.14. The second kappa shape index (κ2) is 6.37. The maximum Gasteiger partial charge on any atom is 0.267 e. The zero-order valence-corrected chi connectivity index (χ0v) is 14.7. The highest BCUT2D eigenvalue weighted by Gasteiger charge is 2.33. The molecule has 1 fully saturated rings. The van der Waals surface area contributed by atoms with E-state index in [1.54, 1.807) is 0 Å². The van der Waals surface area contributed by atoms with E-state index in [9.17, 15) is 4.79 Å². The van der Waals surface area contributed by atoms with E-state index in [0.717, 1.165) is 17.1 Å². The number of benzene rings is 1. The number of nitrogens with zero attached hydrogens (tertiary/aromatic N) is 3. The predicted molar refractivity (Wildman–Crippen MR) is 89.8 cm³/mol. The lowest BCUT2D eigenvalue weighted by Crippen LogP contribution is -2.48. The number of hydrogen-bond acceptors (Lipinski definition) is 5. The molecule has 0 spiro atoms. The average molecular weight is 331 g/mol. The Morgan fingerprint density at radius 2 is 2.13 bits per heavy atom. The molecule has 0 saturated carbocycles. The van der Waals surface area contributed by atoms with Crippen molar-refractivity contribution in [1.29, 1.82) is 0 Å². The van der Waals surface area contributed by atoms with E-state index in [1.165, 1.54) is 11.1 Å². The Hall–Kier alpha value is -1.79. The van der Waals surface area contributed by atoms with Crippen LogP contribution in [0.15, 0.2) is 18.2 Å². The molecular weight excluding hydrogens is 310 g/mol. The summed E-state index contributed by atoms with van der Waals surface area (Å²) in [7, 11) is 0. The first kappa shape index (κ1) is 16.1. The van der Waals surface area contributed by atoms with Gasteiger partial charge >= 0.3 is 0 Å². The third kappa shape index (κ3) is 3.14. The van der Waals surface area contributed by atoms with Crippen LogP contribution in [0.1, 0.15) is 45.1 Å². The van der Waals surface area contributed by atoms with E-state index >= 15 is 0 Å². The normalized spacial score (nSPS) is 21.5. The molecule has 0 N–H and O–H groups in total. The fraction of sp³-hybridized carbons (Fsp3) is 0.471. The molecule has 2 heterocycles. The summed E-state index contributed by atoms with van der Waals surface area (Å²) in [6.07, 6.45) is -0.0868. The van der Waals surface area contributed by atoms with Gasteiger partial charge in [-0.1, -0.05) is 28.3 Å². The summed E-state index contributed by atoms with van der Waals surface area (Å²) in [5.41, 5.74) is 4.25. The van der Waals surface area contributed by atoms with Crippen LogP contribution in [-0.4, -0.2) is 39.6 Å². The van der Waals surface area contributed by atoms with Crippen LogP contribution in [0.2, 0.25) is 0 Å². The molecule has 1 aromatic heterocycles. The molecule has 0 radical (unpaired) electrons. The van der Waals surface area contributed by atoms with E-state index in [4.69, 9.17) is 4.74 Å². The quantitative estimate of drug-likeness (QED) is 0.849. The van der Waals surface area contributed by atoms with Crippen molar-refractivity contribution < 1.29 is 9.53 Å². The highest BCUT2D eigenvalue weighted by Crippen LogP contribution is 2.29. The summed E-state index contributed by atoms with van der Waals surface area (Å²) in [5, 5.41) is 3.95. The first-order valence-electron chi connectivity index (χ1n) is 7.76. The van der Waals surface area contributed by atoms with E-state index in [1.807, 2.05) is 18.7 Å². The Morgan fingerprint density at radius 3 is 2.83 bits per heavy atom. The van der Waals surface area contributed by atoms with Crippen molar-refractivity contribution in [2.24, 2.45) is 0 Å². The highest BCUT2D eigenvalue weighted by molar-refractivity contribution is 7.07. The Labute approximate surface area is 140 Å². The van der Waals surface area contributed by atoms with Gasteiger partial charge in [-0.05, 0) is 50.4 Å². The Kier molecular flexibility index (Phi) is 4.46. The summed E-state index contributed by atoms with van der Waals surface area (Å²) in [6, 6.07) is 6.40. The third-order valence-electron chi connectivity index (χ3n) is 4.32. The first-order chi connectivity index (χ1) is 11.0. The van der Waals surface area contributed by atoms with Gasteiger partial charge in [0.15, 0.2) is 0 Å². The molecule has 1 saturated heterocycles. The van der Waals surface area contributed by atoms with Crippen molar-refractivity contribution in [3.8, 4) is 0 Å². The van der Waals surface area contributed by atoms with Crippen LogP contribution >= 0.6 is 11.5 Å². The van der Waals surface area contributed by atoms with Gasteiger partial charge in [0, 0.05) is 0 Å². The van der Waals surface area contributed by atoms with Crippen molar-refractivity contribution in [2.45, 2.75) is 39.8 Å². The van der Waals surface area contributed by atoms with Crippen LogP contribution in [0, 0.1) is 20.8 Å². The number of rotatable bonds is 2. The molecule has 1 aliphatic heterocycles. The van der Waals surface area contributed by atoms with Crippen LogP contribution in [0.4, 0.5) is 0 Å². The van der Waals surface area contributed by atoms with Gasteiger partial charge in [-0.25, -0.2) is 0 Å². The lowest BCUT2D eigenvalue weighted by molar-refractivity contribution is -0.0488. The molecule has 0 aliphatic carbocycles. The molecule has 23 heavy (non-hydrogen) atoms. The SMILES string of the molecule is Cc1ccc(C)c([C@@H]2CN(C(=O)c3snnc3C)[C@H](C)CO2)c1. The molecule has 0 unspecified atom stereocenters. The van der Waals surface area contributed by atoms with Crippen molar-refractivity contribution in [1.82, 2.24) is 14.5 Å². The lowest BCUT2D eigenvalue weighted by atomic mass is 9.98. The summed E-state index contributed by atoms with van der Waals surface area (Å²) in [6.45, 7) is 9.09. The standard InChI is InChI=1S/C17H21N3O2S/c1-10-5-6-11(2)14(7-10)15-8-20(12(3)9-22-15)17(21)16-13(4)18-19-23-16/h5-7,12,15H,8-9H2,1-4H3/t12-,15+/m1/s1. The lowest BCUT2D eigenvalue weighted by Gasteiger charge is -2.38. The Morgan fingerprint density at radius 1 is 1.35 bits per heavy atom. The molecule has 1 aliphatic rings. The number of aromatic nitrogens is 2. The predicted octanol–water partition coefficient (Wildman–Crippen LogP) is 3.07. The summed E-state index contributed by atoms with van der Waals surface area (Å²) >= 11 is 1.16. The average Bonchev–Trinajstić information content (AvgIpc) is 2.96. The van der Waals surface area contributed by atoms with Crippen LogP contribution < -0.4 is 0 Å². The monoisotopic (exact) mass is 331 g/mol. The largest absolute Gasteiger partial charge is 0.370 e. The maximum absolute atomic E-state index is 12.8. The van der Waals surface area contributed by atoms with Gasteiger partial charge in [-0.3, -0.25) is 4.79 Å². The molecule has 2 aromatic rings. The minimum atomic E-state index is -0.0868. The van der Waals surface area contributed by atoms with Crippen molar-refractivity contribution in [3.05, 3.63) is 45.5 Å². The van der Waals surface area contributed by atoms with Gasteiger partial charge in [0.1, 0.15) is 11.0 Å². The zero-order chi connectivity index (χ0) is 16.6. The van der Waals surface area contributed by atoms with Crippen LogP contribution in [0.3, 0.4) is 0 Å². The van der Waals surface area contributed by atoms with Gasteiger partial charge in [0.2, 0.25) is 0 Å². The van der Waals surface area contributed by atoms with Crippen LogP contribution in [0.5, 0.6) is 0 Å². The minimum Gasteiger partial charge on any atom is -0.370 e. The zero-order valence-electron chi connectivity index (χ0n) is 13.9. The van der Waals surface area contributed by atoms with Crippen LogP contribution in [-0.2, 0) is 4.74 Å². The number of ether oxygens (including phenoxy) is 1. The van der Waals surface area contributed by atoms with Crippen LogP contribution in [0.25, 0.3) is 0 Å². The number of carbonyl (C=O) groups is 1. The maximum atomic E-state index is 12.8. The van der Waals surface area contributed by atoms with Gasteiger partial charge in [-0.2, -0.15) is 0 Å². The first-order valence-corrected chi connectivity index (χ1v) is 8.53. The number of morpholine rings is 1. The van der Waals surface area contributed by atoms with Crippen molar-refractivity contribution in [3.63, 3.8) is 0 Å². The summed E-state index contributed by atoms with van der Waals surface area (Å²) < 4.78 is 9.90. The smallest absolute Gasteiger partial charge is 0.267 e. The topological polar surface area (TPSA) is 55.3 Å². The Balaban J connectivity index is 1.86. The van der Waals surface area contributed by atoms with E-state index < -0.39 is 0 Å². The molecule has 1 aromatic carbocycles. The molecule has 122 valence electrons. The van der Waals surface area contributed by atoms with Gasteiger partial charge in [0.05, 0.1) is 24.9 Å². The fourth-order valence-corrected chi connectivity index (χ4v) is 3.51. The van der Waals surface area contributed by atoms with Gasteiger partial charge in [-0.15, -0.1) is 5.10 Å². The van der Waals surface area contributed by atoms with E-state index in [0.29, 0.717) is 23.7 Å². The number of hydrogen-bond donors (Lipinski definition) is 0. The molecular formula is C17H21N3O2S. The molecule has 2 atom stereocenters. The molecule has 5 nitrogen and oxygen atoms in total. The van der Waals surface area contributed by atoms with Gasteiger partial charge in [0.25, 0.3) is 5.91 Å². The van der Waals surface area contributed by atoms with E-state index in [2.05, 4.69) is 41.6 Å². The highest BCUT2D eigenvalue weighted by atomic mass is 32.1. The summed E-state index contributed by atoms with van der Waals surface area (Å²) in [5.74, 6) is 0.00334. The second-order valence-electron chi connectivity index (χ2n) is 6.18. The summed E-state index contributed by atoms with van der Waals surface area (Å²) in [4.78, 5) is 15.3. The molecule has 1 amide bonds. The van der Waals surface area contributed by atoms with Crippen molar-refractivity contribution in [2.75, 3.05) is 13.2 Å². The minimum absolute atomic E-state index is 0.00334. The molecule has 6 heteroatoms. The van der Waals surface area contributed by atoms with Gasteiger partial charge < -0.3 is 9.64 Å². The molecule has 0 bridgehead atoms. The van der Waals surface area contributed by atoms with E-state index in [-0.39, 0.29) is 18.1 Å². The second-order valence-corrected chi connectivity index (χ2v) is 6.93. The van der Waals surface area contributed by atoms with Crippen molar-refractivity contribution >= 4 is 17.4 Å². The number of amides is 1.